The van der Waals surface area contributed by atoms with Crippen molar-refractivity contribution in [1.82, 2.24) is 14.5 Å². The van der Waals surface area contributed by atoms with E-state index in [1.54, 1.807) is 36.4 Å². The van der Waals surface area contributed by atoms with Crippen LogP contribution in [0.2, 0.25) is 0 Å². The van der Waals surface area contributed by atoms with E-state index in [9.17, 15) is 17.6 Å². The van der Waals surface area contributed by atoms with Gasteiger partial charge in [-0.05, 0) is 112 Å². The van der Waals surface area contributed by atoms with Crippen LogP contribution in [0.4, 0.5) is 17.6 Å². The Morgan fingerprint density at radius 1 is 0.743 bits per heavy atom. The predicted octanol–water partition coefficient (Wildman–Crippen LogP) is 17.3. The van der Waals surface area contributed by atoms with Crippen molar-refractivity contribution in [3.8, 4) is 50.6 Å². The van der Waals surface area contributed by atoms with Gasteiger partial charge in [-0.2, -0.15) is 0 Å². The van der Waals surface area contributed by atoms with E-state index >= 15 is 0 Å². The van der Waals surface area contributed by atoms with E-state index in [0.29, 0.717) is 62.3 Å². The third-order valence-electron chi connectivity index (χ3n) is 11.7. The van der Waals surface area contributed by atoms with Gasteiger partial charge in [-0.25, -0.2) is 13.2 Å². The second-order valence-corrected chi connectivity index (χ2v) is 18.5. The summed E-state index contributed by atoms with van der Waals surface area (Å²) in [5.74, 6) is -2.97. The van der Waals surface area contributed by atoms with E-state index in [1.165, 1.54) is 18.2 Å². The number of hydrogen-bond acceptors (Lipinski definition) is 3. The Balaban J connectivity index is 0.000000322. The van der Waals surface area contributed by atoms with Crippen molar-refractivity contribution in [2.45, 2.75) is 80.4 Å². The number of pyridine rings is 1. The molecule has 0 saturated carbocycles. The first-order valence-electron chi connectivity index (χ1n) is 27.4. The molecule has 0 saturated heterocycles. The van der Waals surface area contributed by atoms with Crippen molar-refractivity contribution in [1.29, 1.82) is 0 Å². The number of imidazole rings is 1. The maximum absolute atomic E-state index is 14.9. The summed E-state index contributed by atoms with van der Waals surface area (Å²) in [6.45, 7) is 8.70. The first-order valence-corrected chi connectivity index (χ1v) is 22.4. The standard InChI is InChI=1S/C48H42F3N2O.C13H11FN.Ir/c1-27(2)37-21-32(30-17-15-29(16-18-30)26-48(5,6)7)22-38(28(3)4)45(37)53-42-14-9-8-13-41(42)52-47(53)36-12-10-11-35-34-20-19-31(23-43(34)54-46(35)36)44-39(50)24-33(49)25-40(44)51;1-9-7-13(15-8-10(9)2)11-3-5-12(14)6-4-11;/h8-11,13-25,27-28H,26H2,1-7H3;3,5-8H,1-2H3;/q2*-1;/i17D,18D,26D2;1D3,2D3;. The number of benzene rings is 7. The van der Waals surface area contributed by atoms with Crippen molar-refractivity contribution in [2.75, 3.05) is 0 Å². The minimum Gasteiger partial charge on any atom is -0.501 e. The number of para-hydroxylation sites is 2. The summed E-state index contributed by atoms with van der Waals surface area (Å²) in [6.07, 6.45) is -0.728. The molecule has 0 unspecified atom stereocenters. The summed E-state index contributed by atoms with van der Waals surface area (Å²) >= 11 is 0. The van der Waals surface area contributed by atoms with E-state index < -0.39 is 48.8 Å². The molecule has 0 bridgehead atoms. The topological polar surface area (TPSA) is 43.9 Å². The molecule has 10 rings (SSSR count). The summed E-state index contributed by atoms with van der Waals surface area (Å²) in [5.41, 5.74) is 6.42. The molecule has 0 N–H and O–H groups in total. The molecule has 9 heteroatoms. The fourth-order valence-corrected chi connectivity index (χ4v) is 8.49. The zero-order chi connectivity index (χ0) is 57.4. The Hall–Kier alpha value is -6.67. The van der Waals surface area contributed by atoms with Gasteiger partial charge < -0.3 is 14.0 Å². The molecular formula is C61H53F4IrN3O-2. The summed E-state index contributed by atoms with van der Waals surface area (Å²) in [7, 11) is 0. The minimum atomic E-state index is -2.58. The molecule has 1 radical (unpaired) electrons. The second-order valence-electron chi connectivity index (χ2n) is 18.5. The molecule has 0 amide bonds. The Kier molecular flexibility index (Phi) is 10.9. The maximum atomic E-state index is 14.9. The Labute approximate surface area is 434 Å². The quantitative estimate of drug-likeness (QED) is 0.112. The summed E-state index contributed by atoms with van der Waals surface area (Å²) in [6, 6.07) is 36.0. The van der Waals surface area contributed by atoms with Gasteiger partial charge in [0.15, 0.2) is 0 Å². The van der Waals surface area contributed by atoms with Crippen LogP contribution < -0.4 is 0 Å². The fourth-order valence-electron chi connectivity index (χ4n) is 8.49. The Morgan fingerprint density at radius 3 is 2.09 bits per heavy atom. The van der Waals surface area contributed by atoms with Crippen LogP contribution in [-0.4, -0.2) is 14.5 Å². The van der Waals surface area contributed by atoms with Crippen molar-refractivity contribution < 1.29 is 55.8 Å². The molecule has 3 aromatic heterocycles. The monoisotopic (exact) mass is 1120 g/mol. The first kappa shape index (κ1) is 38.1. The normalized spacial score (nSPS) is 14.4. The number of aromatic nitrogens is 3. The van der Waals surface area contributed by atoms with Crippen molar-refractivity contribution >= 4 is 33.0 Å². The first-order chi connectivity index (χ1) is 37.0. The van der Waals surface area contributed by atoms with Gasteiger partial charge in [0, 0.05) is 66.3 Å². The average molecular weight is 1120 g/mol. The van der Waals surface area contributed by atoms with Crippen molar-refractivity contribution in [2.24, 2.45) is 5.41 Å². The van der Waals surface area contributed by atoms with Crippen molar-refractivity contribution in [3.63, 3.8) is 0 Å². The van der Waals surface area contributed by atoms with Crippen LogP contribution in [0.1, 0.15) is 102 Å². The predicted molar refractivity (Wildman–Crippen MR) is 273 cm³/mol. The molecule has 0 aliphatic rings. The minimum absolute atomic E-state index is 0. The third kappa shape index (κ3) is 10.0. The van der Waals surface area contributed by atoms with Crippen LogP contribution in [0, 0.1) is 54.5 Å². The molecule has 0 aliphatic carbocycles. The molecule has 0 spiro atoms. The zero-order valence-electron chi connectivity index (χ0n) is 49.3. The smallest absolute Gasteiger partial charge is 0.136 e. The second kappa shape index (κ2) is 20.0. The third-order valence-corrected chi connectivity index (χ3v) is 11.7. The average Bonchev–Trinajstić information content (AvgIpc) is 4.09. The van der Waals surface area contributed by atoms with Crippen molar-refractivity contribution in [3.05, 3.63) is 197 Å². The molecule has 4 nitrogen and oxygen atoms in total. The number of aryl methyl sites for hydroxylation is 2. The van der Waals surface area contributed by atoms with Crippen LogP contribution in [0.25, 0.3) is 83.6 Å². The number of furan rings is 1. The van der Waals surface area contributed by atoms with E-state index in [2.05, 4.69) is 49.4 Å². The van der Waals surface area contributed by atoms with Crippen LogP contribution in [0.5, 0.6) is 0 Å². The SMILES string of the molecule is [2H]C([2H])([2H])c1cnc(-c2[c-]cc(F)cc2)cc1C([2H])([2H])[2H].[2H]c1cc(C([2H])([2H])C(C)(C)C)cc([2H])c1-c1cc(C(C)C)c(-n2c(-c3[c-]ccc4c3oc3cc(-c5c(F)cc(F)cc5F)ccc34)nc3ccccc32)c(C(C)C)c1.[Ir]. The maximum Gasteiger partial charge on any atom is 0.136 e. The summed E-state index contributed by atoms with van der Waals surface area (Å²) < 4.78 is 146. The van der Waals surface area contributed by atoms with Crippen LogP contribution in [0.3, 0.4) is 0 Å². The largest absolute Gasteiger partial charge is 0.501 e. The van der Waals surface area contributed by atoms with Gasteiger partial charge in [-0.15, -0.1) is 48.0 Å². The Morgan fingerprint density at radius 2 is 1.44 bits per heavy atom. The molecule has 357 valence electrons. The van der Waals surface area contributed by atoms with Gasteiger partial charge >= 0.3 is 0 Å². The van der Waals surface area contributed by atoms with E-state index in [4.69, 9.17) is 23.1 Å². The van der Waals surface area contributed by atoms with Crippen LogP contribution >= 0.6 is 0 Å². The van der Waals surface area contributed by atoms with E-state index in [0.717, 1.165) is 45.5 Å². The van der Waals surface area contributed by atoms with Gasteiger partial charge in [0.05, 0.1) is 30.7 Å². The van der Waals surface area contributed by atoms with Crippen LogP contribution in [0.15, 0.2) is 138 Å². The Bertz CT molecular complexity index is 3920. The van der Waals surface area contributed by atoms with Gasteiger partial charge in [0.1, 0.15) is 23.0 Å². The molecule has 0 atom stereocenters. The number of nitrogens with zero attached hydrogens (tertiary/aromatic N) is 3. The van der Waals surface area contributed by atoms with E-state index in [-0.39, 0.29) is 72.0 Å². The van der Waals surface area contributed by atoms with Gasteiger partial charge in [0.2, 0.25) is 0 Å². The number of rotatable bonds is 8. The van der Waals surface area contributed by atoms with Gasteiger partial charge in [-0.3, -0.25) is 9.37 Å². The zero-order valence-corrected chi connectivity index (χ0v) is 41.7. The molecule has 0 fully saturated rings. The molecular weight excluding hydrogens is 1060 g/mol. The summed E-state index contributed by atoms with van der Waals surface area (Å²) in [5, 5.41) is 1.47. The van der Waals surface area contributed by atoms with Gasteiger partial charge in [0.25, 0.3) is 0 Å². The van der Waals surface area contributed by atoms with E-state index in [1.807, 2.05) is 63.2 Å². The molecule has 0 aliphatic heterocycles. The number of fused-ring (bicyclic) bond motifs is 4. The fraction of sp³-hybridized carbons (Fsp3) is 0.213. The molecule has 3 heterocycles. The molecule has 7 aromatic carbocycles. The molecule has 70 heavy (non-hydrogen) atoms. The summed E-state index contributed by atoms with van der Waals surface area (Å²) in [4.78, 5) is 9.14. The number of halogens is 4. The molecule has 10 aromatic rings. The van der Waals surface area contributed by atoms with Gasteiger partial charge in [-0.1, -0.05) is 120 Å². The number of hydrogen-bond donors (Lipinski definition) is 0. The van der Waals surface area contributed by atoms with Crippen LogP contribution in [-0.2, 0) is 26.5 Å².